The van der Waals surface area contributed by atoms with Crippen molar-refractivity contribution >= 4 is 33.1 Å². The molecule has 30 heavy (non-hydrogen) atoms. The molecule has 2 saturated heterocycles. The van der Waals surface area contributed by atoms with Gasteiger partial charge in [-0.15, -0.1) is 0 Å². The Balaban J connectivity index is 1.70. The van der Waals surface area contributed by atoms with E-state index >= 15 is 0 Å². The fourth-order valence-corrected chi connectivity index (χ4v) is 6.46. The van der Waals surface area contributed by atoms with Crippen LogP contribution in [0.4, 0.5) is 0 Å². The maximum absolute atomic E-state index is 13.4. The Morgan fingerprint density at radius 3 is 2.40 bits per heavy atom. The number of fused-ring (bicyclic) bond motifs is 1. The van der Waals surface area contributed by atoms with Gasteiger partial charge >= 0.3 is 0 Å². The van der Waals surface area contributed by atoms with Crippen LogP contribution in [0.3, 0.4) is 0 Å². The lowest BCUT2D eigenvalue weighted by molar-refractivity contribution is -0.150. The van der Waals surface area contributed by atoms with Crippen LogP contribution in [0.25, 0.3) is 0 Å². The Morgan fingerprint density at radius 2 is 1.80 bits per heavy atom. The fourth-order valence-electron chi connectivity index (χ4n) is 4.24. The lowest BCUT2D eigenvalue weighted by Crippen LogP contribution is -2.67. The molecule has 0 spiro atoms. The Kier molecular flexibility index (Phi) is 5.02. The molecule has 2 unspecified atom stereocenters. The van der Waals surface area contributed by atoms with Gasteiger partial charge in [-0.25, -0.2) is 8.42 Å². The number of β-lactam (4-membered cyclic amide) rings is 1. The minimum atomic E-state index is -4.11. The second-order valence-electron chi connectivity index (χ2n) is 7.37. The van der Waals surface area contributed by atoms with E-state index in [1.165, 1.54) is 43.4 Å². The van der Waals surface area contributed by atoms with Gasteiger partial charge in [0.15, 0.2) is 5.78 Å². The average Bonchev–Trinajstić information content (AvgIpc) is 2.96. The summed E-state index contributed by atoms with van der Waals surface area (Å²) < 4.78 is 37.4. The molecule has 9 heteroatoms. The van der Waals surface area contributed by atoms with E-state index in [4.69, 9.17) is 21.1 Å². The first kappa shape index (κ1) is 20.7. The zero-order valence-corrected chi connectivity index (χ0v) is 18.0. The first-order chi connectivity index (χ1) is 14.2. The third-order valence-corrected chi connectivity index (χ3v) is 8.41. The molecule has 7 nitrogen and oxygen atoms in total. The minimum absolute atomic E-state index is 0.0302. The third-order valence-electron chi connectivity index (χ3n) is 5.81. The first-order valence-corrected chi connectivity index (χ1v) is 11.2. The molecule has 2 aromatic carbocycles. The van der Waals surface area contributed by atoms with Gasteiger partial charge in [-0.1, -0.05) is 11.6 Å². The Bertz CT molecular complexity index is 1130. The van der Waals surface area contributed by atoms with Gasteiger partial charge in [0.1, 0.15) is 11.5 Å². The normalized spacial score (nSPS) is 23.2. The standard InChI is InChI=1S/C21H20ClNO6S/c1-28-16-5-8-18(29-2)13(10-16)9-14-12-23-19(24)11-21(23,20(14)25)30(26,27)17-6-3-15(22)4-7-17/h3-8,10,14H,9,11-12H2,1-2H3. The number of Topliss-reactive ketones (excluding diaryl/α,β-unsaturated/α-hetero) is 1. The van der Waals surface area contributed by atoms with Crippen LogP contribution in [0.5, 0.6) is 11.5 Å². The number of carbonyl (C=O) groups is 2. The SMILES string of the molecule is COc1ccc(OC)c(CC2CN3C(=O)CC3(S(=O)(=O)c3ccc(Cl)cc3)C2=O)c1. The second-order valence-corrected chi connectivity index (χ2v) is 9.96. The van der Waals surface area contributed by atoms with Crippen molar-refractivity contribution in [3.05, 3.63) is 53.1 Å². The number of methoxy groups -OCH3 is 2. The molecule has 2 aliphatic rings. The number of hydrogen-bond acceptors (Lipinski definition) is 6. The van der Waals surface area contributed by atoms with Crippen molar-refractivity contribution in [1.82, 2.24) is 4.90 Å². The number of ketones is 1. The van der Waals surface area contributed by atoms with Crippen LogP contribution in [0, 0.1) is 5.92 Å². The molecule has 2 heterocycles. The Hall–Kier alpha value is -2.58. The fraction of sp³-hybridized carbons (Fsp3) is 0.333. The number of sulfone groups is 1. The van der Waals surface area contributed by atoms with Crippen LogP contribution >= 0.6 is 11.6 Å². The van der Waals surface area contributed by atoms with E-state index in [0.29, 0.717) is 22.1 Å². The number of carbonyl (C=O) groups excluding carboxylic acids is 2. The highest BCUT2D eigenvalue weighted by Gasteiger charge is 2.70. The van der Waals surface area contributed by atoms with E-state index in [0.717, 1.165) is 0 Å². The number of rotatable bonds is 6. The van der Waals surface area contributed by atoms with Crippen molar-refractivity contribution in [3.8, 4) is 11.5 Å². The summed E-state index contributed by atoms with van der Waals surface area (Å²) in [5.41, 5.74) is 0.712. The van der Waals surface area contributed by atoms with Gasteiger partial charge in [-0.3, -0.25) is 9.59 Å². The lowest BCUT2D eigenvalue weighted by Gasteiger charge is -2.44. The van der Waals surface area contributed by atoms with Gasteiger partial charge in [0.05, 0.1) is 25.5 Å². The van der Waals surface area contributed by atoms with Crippen molar-refractivity contribution in [2.45, 2.75) is 22.6 Å². The molecule has 2 atom stereocenters. The Morgan fingerprint density at radius 1 is 1.10 bits per heavy atom. The summed E-state index contributed by atoms with van der Waals surface area (Å²) in [5.74, 6) is -0.319. The molecule has 4 rings (SSSR count). The number of benzene rings is 2. The van der Waals surface area contributed by atoms with E-state index < -0.39 is 26.4 Å². The zero-order valence-electron chi connectivity index (χ0n) is 16.4. The van der Waals surface area contributed by atoms with Crippen molar-refractivity contribution in [3.63, 3.8) is 0 Å². The third kappa shape index (κ3) is 2.89. The maximum Gasteiger partial charge on any atom is 0.228 e. The minimum Gasteiger partial charge on any atom is -0.497 e. The highest BCUT2D eigenvalue weighted by atomic mass is 35.5. The molecule has 0 aliphatic carbocycles. The van der Waals surface area contributed by atoms with E-state index in [1.807, 2.05) is 0 Å². The summed E-state index contributed by atoms with van der Waals surface area (Å²) in [4.78, 5) is 25.0. The van der Waals surface area contributed by atoms with Crippen LogP contribution in [-0.2, 0) is 25.8 Å². The quantitative estimate of drug-likeness (QED) is 0.629. The molecule has 0 bridgehead atoms. The Labute approximate surface area is 179 Å². The number of amides is 1. The molecule has 158 valence electrons. The summed E-state index contributed by atoms with van der Waals surface area (Å²) in [6, 6.07) is 10.8. The molecule has 0 aromatic heterocycles. The summed E-state index contributed by atoms with van der Waals surface area (Å²) in [5, 5.41) is 0.383. The summed E-state index contributed by atoms with van der Waals surface area (Å²) in [6.45, 7) is 0.0465. The highest BCUT2D eigenvalue weighted by molar-refractivity contribution is 7.93. The number of ether oxygens (including phenoxy) is 2. The molecule has 2 aromatic rings. The van der Waals surface area contributed by atoms with Gasteiger partial charge in [-0.2, -0.15) is 0 Å². The predicted octanol–water partition coefficient (Wildman–Crippen LogP) is 2.50. The van der Waals surface area contributed by atoms with Crippen molar-refractivity contribution in [2.24, 2.45) is 5.92 Å². The molecule has 1 amide bonds. The number of nitrogens with zero attached hydrogens (tertiary/aromatic N) is 1. The van der Waals surface area contributed by atoms with Gasteiger partial charge < -0.3 is 14.4 Å². The summed E-state index contributed by atoms with van der Waals surface area (Å²) in [6.07, 6.45) is -0.108. The first-order valence-electron chi connectivity index (χ1n) is 9.30. The van der Waals surface area contributed by atoms with Crippen molar-refractivity contribution < 1.29 is 27.5 Å². The zero-order chi connectivity index (χ0) is 21.7. The molecule has 2 aliphatic heterocycles. The molecule has 0 saturated carbocycles. The van der Waals surface area contributed by atoms with Crippen LogP contribution < -0.4 is 9.47 Å². The van der Waals surface area contributed by atoms with E-state index in [-0.39, 0.29) is 30.2 Å². The van der Waals surface area contributed by atoms with E-state index in [1.54, 1.807) is 18.2 Å². The maximum atomic E-state index is 13.4. The predicted molar refractivity (Wildman–Crippen MR) is 109 cm³/mol. The van der Waals surface area contributed by atoms with E-state index in [9.17, 15) is 18.0 Å². The van der Waals surface area contributed by atoms with Gasteiger partial charge in [-0.05, 0) is 54.4 Å². The van der Waals surface area contributed by atoms with E-state index in [2.05, 4.69) is 0 Å². The molecular weight excluding hydrogens is 430 g/mol. The highest BCUT2D eigenvalue weighted by Crippen LogP contribution is 2.49. The topological polar surface area (TPSA) is 90.0 Å². The summed E-state index contributed by atoms with van der Waals surface area (Å²) in [7, 11) is -1.06. The van der Waals surface area contributed by atoms with Gasteiger partial charge in [0.25, 0.3) is 0 Å². The molecule has 0 radical (unpaired) electrons. The van der Waals surface area contributed by atoms with Crippen LogP contribution in [0.1, 0.15) is 12.0 Å². The van der Waals surface area contributed by atoms with Gasteiger partial charge in [0.2, 0.25) is 20.6 Å². The average molecular weight is 450 g/mol. The second kappa shape index (κ2) is 7.28. The molecule has 0 N–H and O–H groups in total. The number of hydrogen-bond donors (Lipinski definition) is 0. The molecular formula is C21H20ClNO6S. The monoisotopic (exact) mass is 449 g/mol. The lowest BCUT2D eigenvalue weighted by atomic mass is 9.92. The van der Waals surface area contributed by atoms with Gasteiger partial charge in [0, 0.05) is 17.5 Å². The van der Waals surface area contributed by atoms with Crippen molar-refractivity contribution in [2.75, 3.05) is 20.8 Å². The van der Waals surface area contributed by atoms with Crippen molar-refractivity contribution in [1.29, 1.82) is 0 Å². The van der Waals surface area contributed by atoms with Crippen LogP contribution in [-0.4, -0.2) is 50.6 Å². The van der Waals surface area contributed by atoms with Crippen LogP contribution in [0.15, 0.2) is 47.4 Å². The molecule has 2 fully saturated rings. The largest absolute Gasteiger partial charge is 0.497 e. The number of halogens is 1. The smallest absolute Gasteiger partial charge is 0.228 e. The van der Waals surface area contributed by atoms with Crippen LogP contribution in [0.2, 0.25) is 5.02 Å². The summed E-state index contributed by atoms with van der Waals surface area (Å²) >= 11 is 5.87.